The number of benzene rings is 3. The molecule has 1 aromatic heterocycles. The van der Waals surface area contributed by atoms with Gasteiger partial charge in [-0.3, -0.25) is 9.36 Å². The Morgan fingerprint density at radius 3 is 2.27 bits per heavy atom. The van der Waals surface area contributed by atoms with Crippen LogP contribution in [0.2, 0.25) is 0 Å². The molecule has 26 heavy (non-hydrogen) atoms. The lowest BCUT2D eigenvalue weighted by molar-refractivity contribution is 0.944. The number of aromatic nitrogens is 2. The Morgan fingerprint density at radius 1 is 0.846 bits per heavy atom. The Balaban J connectivity index is 1.97. The van der Waals surface area contributed by atoms with Crippen LogP contribution in [0.5, 0.6) is 0 Å². The van der Waals surface area contributed by atoms with E-state index in [4.69, 9.17) is 4.98 Å². The molecule has 4 aromatic rings. The summed E-state index contributed by atoms with van der Waals surface area (Å²) < 4.78 is 2.50. The van der Waals surface area contributed by atoms with Crippen LogP contribution < -0.4 is 5.56 Å². The van der Waals surface area contributed by atoms with Crippen molar-refractivity contribution in [2.45, 2.75) is 0 Å². The molecule has 0 aliphatic carbocycles. The van der Waals surface area contributed by atoms with Crippen molar-refractivity contribution < 1.29 is 0 Å². The maximum Gasteiger partial charge on any atom is 0.266 e. The van der Waals surface area contributed by atoms with Crippen molar-refractivity contribution in [3.05, 3.63) is 105 Å². The number of para-hydroxylation sites is 1. The van der Waals surface area contributed by atoms with Crippen LogP contribution in [-0.2, 0) is 0 Å². The number of nitrogens with zero attached hydrogens (tertiary/aromatic N) is 2. The average molecular weight is 403 g/mol. The summed E-state index contributed by atoms with van der Waals surface area (Å²) in [6.45, 7) is 0. The molecule has 0 fully saturated rings. The molecule has 4 heteroatoms. The number of rotatable bonds is 3. The van der Waals surface area contributed by atoms with Crippen molar-refractivity contribution in [3.63, 3.8) is 0 Å². The van der Waals surface area contributed by atoms with Crippen LogP contribution in [0.4, 0.5) is 0 Å². The van der Waals surface area contributed by atoms with Crippen LogP contribution in [0.1, 0.15) is 11.4 Å². The minimum Gasteiger partial charge on any atom is -0.268 e. The molecule has 0 N–H and O–H groups in total. The molecule has 0 amide bonds. The quantitative estimate of drug-likeness (QED) is 0.464. The van der Waals surface area contributed by atoms with E-state index in [0.717, 1.165) is 15.7 Å². The largest absolute Gasteiger partial charge is 0.268 e. The highest BCUT2D eigenvalue weighted by molar-refractivity contribution is 9.10. The Labute approximate surface area is 159 Å². The van der Waals surface area contributed by atoms with Gasteiger partial charge in [-0.2, -0.15) is 0 Å². The molecule has 3 aromatic carbocycles. The summed E-state index contributed by atoms with van der Waals surface area (Å²) in [5.74, 6) is 0.597. The average Bonchev–Trinajstić information content (AvgIpc) is 2.68. The van der Waals surface area contributed by atoms with E-state index in [0.29, 0.717) is 16.7 Å². The molecule has 126 valence electrons. The van der Waals surface area contributed by atoms with Gasteiger partial charge in [-0.15, -0.1) is 0 Å². The van der Waals surface area contributed by atoms with Crippen LogP contribution in [0, 0.1) is 0 Å². The van der Waals surface area contributed by atoms with Gasteiger partial charge in [0.05, 0.1) is 16.6 Å². The van der Waals surface area contributed by atoms with Gasteiger partial charge in [0.15, 0.2) is 0 Å². The summed E-state index contributed by atoms with van der Waals surface area (Å²) in [5, 5.41) is 0.583. The third kappa shape index (κ3) is 3.24. The highest BCUT2D eigenvalue weighted by atomic mass is 79.9. The molecular formula is C22H15BrN2O. The zero-order chi connectivity index (χ0) is 17.9. The fourth-order valence-electron chi connectivity index (χ4n) is 2.85. The molecule has 0 atom stereocenters. The highest BCUT2D eigenvalue weighted by Gasteiger charge is 2.11. The molecule has 0 spiro atoms. The molecule has 0 radical (unpaired) electrons. The maximum atomic E-state index is 13.2. The van der Waals surface area contributed by atoms with Gasteiger partial charge in [0.1, 0.15) is 5.82 Å². The molecule has 0 aliphatic rings. The van der Waals surface area contributed by atoms with E-state index in [2.05, 4.69) is 15.9 Å². The van der Waals surface area contributed by atoms with Crippen LogP contribution in [0.25, 0.3) is 28.7 Å². The summed E-state index contributed by atoms with van der Waals surface area (Å²) in [6, 6.07) is 25.1. The second-order valence-corrected chi connectivity index (χ2v) is 6.77. The normalized spacial score (nSPS) is 11.3. The van der Waals surface area contributed by atoms with Gasteiger partial charge in [0, 0.05) is 4.47 Å². The zero-order valence-corrected chi connectivity index (χ0v) is 15.4. The third-order valence-corrected chi connectivity index (χ3v) is 4.59. The number of hydrogen-bond acceptors (Lipinski definition) is 2. The smallest absolute Gasteiger partial charge is 0.266 e. The van der Waals surface area contributed by atoms with E-state index < -0.39 is 0 Å². The molecule has 0 aliphatic heterocycles. The lowest BCUT2D eigenvalue weighted by Crippen LogP contribution is -2.22. The Kier molecular flexibility index (Phi) is 4.50. The van der Waals surface area contributed by atoms with Crippen molar-refractivity contribution in [2.75, 3.05) is 0 Å². The van der Waals surface area contributed by atoms with Crippen molar-refractivity contribution in [1.29, 1.82) is 0 Å². The number of halogens is 1. The number of hydrogen-bond donors (Lipinski definition) is 0. The van der Waals surface area contributed by atoms with Gasteiger partial charge in [0.2, 0.25) is 0 Å². The van der Waals surface area contributed by atoms with Crippen molar-refractivity contribution in [3.8, 4) is 5.69 Å². The Bertz CT molecular complexity index is 1150. The topological polar surface area (TPSA) is 34.9 Å². The molecule has 0 bridgehead atoms. The molecule has 0 saturated carbocycles. The summed E-state index contributed by atoms with van der Waals surface area (Å²) >= 11 is 3.44. The first-order chi connectivity index (χ1) is 12.7. The molecule has 1 heterocycles. The van der Waals surface area contributed by atoms with Crippen molar-refractivity contribution >= 4 is 39.0 Å². The highest BCUT2D eigenvalue weighted by Crippen LogP contribution is 2.19. The van der Waals surface area contributed by atoms with Gasteiger partial charge in [-0.25, -0.2) is 4.98 Å². The minimum absolute atomic E-state index is 0.0878. The lowest BCUT2D eigenvalue weighted by atomic mass is 10.2. The molecular weight excluding hydrogens is 388 g/mol. The first kappa shape index (κ1) is 16.5. The minimum atomic E-state index is -0.0878. The fourth-order valence-corrected chi connectivity index (χ4v) is 3.21. The molecule has 0 saturated heterocycles. The second kappa shape index (κ2) is 7.10. The van der Waals surface area contributed by atoms with E-state index in [-0.39, 0.29) is 5.56 Å². The van der Waals surface area contributed by atoms with Crippen LogP contribution >= 0.6 is 15.9 Å². The van der Waals surface area contributed by atoms with Gasteiger partial charge < -0.3 is 0 Å². The van der Waals surface area contributed by atoms with Crippen LogP contribution in [-0.4, -0.2) is 9.55 Å². The number of fused-ring (bicyclic) bond motifs is 1. The predicted octanol–water partition coefficient (Wildman–Crippen LogP) is 5.32. The predicted molar refractivity (Wildman–Crippen MR) is 110 cm³/mol. The fraction of sp³-hybridized carbons (Fsp3) is 0. The monoisotopic (exact) mass is 402 g/mol. The summed E-state index contributed by atoms with van der Waals surface area (Å²) in [6.07, 6.45) is 3.84. The summed E-state index contributed by atoms with van der Waals surface area (Å²) in [7, 11) is 0. The Hall–Kier alpha value is -2.98. The standard InChI is InChI=1S/C22H15BrN2O/c23-17-12-13-20-19(15-17)22(26)25(18-9-5-2-6-10-18)21(24-20)14-11-16-7-3-1-4-8-16/h1-15H/b14-11+. The van der Waals surface area contributed by atoms with E-state index >= 15 is 0 Å². The summed E-state index contributed by atoms with van der Waals surface area (Å²) in [4.78, 5) is 17.9. The van der Waals surface area contributed by atoms with E-state index in [1.165, 1.54) is 0 Å². The first-order valence-electron chi connectivity index (χ1n) is 8.23. The maximum absolute atomic E-state index is 13.2. The molecule has 4 rings (SSSR count). The Morgan fingerprint density at radius 2 is 1.54 bits per heavy atom. The summed E-state index contributed by atoms with van der Waals surface area (Å²) in [5.41, 5.74) is 2.44. The van der Waals surface area contributed by atoms with Gasteiger partial charge in [-0.05, 0) is 42.0 Å². The van der Waals surface area contributed by atoms with Crippen LogP contribution in [0.3, 0.4) is 0 Å². The van der Waals surface area contributed by atoms with Crippen LogP contribution in [0.15, 0.2) is 88.1 Å². The van der Waals surface area contributed by atoms with E-state index in [1.54, 1.807) is 4.57 Å². The third-order valence-electron chi connectivity index (χ3n) is 4.10. The van der Waals surface area contributed by atoms with Crippen molar-refractivity contribution in [1.82, 2.24) is 9.55 Å². The second-order valence-electron chi connectivity index (χ2n) is 5.85. The van der Waals surface area contributed by atoms with E-state index in [9.17, 15) is 4.79 Å². The molecule has 0 unspecified atom stereocenters. The van der Waals surface area contributed by atoms with Gasteiger partial charge in [-0.1, -0.05) is 70.5 Å². The SMILES string of the molecule is O=c1c2cc(Br)ccc2nc(/C=C/c2ccccc2)n1-c1ccccc1. The zero-order valence-electron chi connectivity index (χ0n) is 13.8. The van der Waals surface area contributed by atoms with E-state index in [1.807, 2.05) is 91.0 Å². The molecule has 3 nitrogen and oxygen atoms in total. The first-order valence-corrected chi connectivity index (χ1v) is 9.02. The van der Waals surface area contributed by atoms with Gasteiger partial charge in [0.25, 0.3) is 5.56 Å². The lowest BCUT2D eigenvalue weighted by Gasteiger charge is -2.11. The van der Waals surface area contributed by atoms with Gasteiger partial charge >= 0.3 is 0 Å². The van der Waals surface area contributed by atoms with Crippen molar-refractivity contribution in [2.24, 2.45) is 0 Å².